The second-order valence-electron chi connectivity index (χ2n) is 6.67. The molecule has 0 bridgehead atoms. The summed E-state index contributed by atoms with van der Waals surface area (Å²) in [6.07, 6.45) is 0. The van der Waals surface area contributed by atoms with Crippen LogP contribution < -0.4 is 0 Å². The van der Waals surface area contributed by atoms with E-state index < -0.39 is 0 Å². The van der Waals surface area contributed by atoms with Gasteiger partial charge >= 0.3 is 0 Å². The van der Waals surface area contributed by atoms with Gasteiger partial charge in [-0.25, -0.2) is 0 Å². The molecule has 0 N–H and O–H groups in total. The van der Waals surface area contributed by atoms with Crippen molar-refractivity contribution in [2.24, 2.45) is 0 Å². The first kappa shape index (κ1) is 16.2. The van der Waals surface area contributed by atoms with Crippen molar-refractivity contribution in [3.05, 3.63) is 109 Å². The second-order valence-corrected chi connectivity index (χ2v) is 7.81. The predicted octanol–water partition coefficient (Wildman–Crippen LogP) is 7.81. The second kappa shape index (κ2) is 6.94. The molecule has 0 atom stereocenters. The molecule has 5 aromatic rings. The molecule has 0 radical (unpaired) electrons. The lowest BCUT2D eigenvalue weighted by Gasteiger charge is -2.10. The van der Waals surface area contributed by atoms with Crippen molar-refractivity contribution in [3.63, 3.8) is 0 Å². The van der Waals surface area contributed by atoms with Crippen LogP contribution in [0.1, 0.15) is 0 Å². The van der Waals surface area contributed by atoms with E-state index in [1.54, 1.807) is 11.8 Å². The fourth-order valence-electron chi connectivity index (χ4n) is 3.55. The Kier molecular flexibility index (Phi) is 4.16. The fourth-order valence-corrected chi connectivity index (χ4v) is 4.38. The van der Waals surface area contributed by atoms with Crippen LogP contribution in [0.15, 0.2) is 119 Å². The molecule has 0 amide bonds. The van der Waals surface area contributed by atoms with Crippen molar-refractivity contribution >= 4 is 33.3 Å². The third-order valence-electron chi connectivity index (χ3n) is 4.89. The summed E-state index contributed by atoms with van der Waals surface area (Å²) in [4.78, 5) is 2.53. The summed E-state index contributed by atoms with van der Waals surface area (Å²) in [5.41, 5.74) is 2.54. The van der Waals surface area contributed by atoms with E-state index in [0.29, 0.717) is 0 Å². The molecule has 128 valence electrons. The maximum Gasteiger partial charge on any atom is 0.0122 e. The van der Waals surface area contributed by atoms with Gasteiger partial charge in [0.05, 0.1) is 0 Å². The van der Waals surface area contributed by atoms with Crippen molar-refractivity contribution in [1.82, 2.24) is 0 Å². The van der Waals surface area contributed by atoms with Crippen LogP contribution in [0.2, 0.25) is 0 Å². The summed E-state index contributed by atoms with van der Waals surface area (Å²) >= 11 is 1.80. The number of benzene rings is 5. The molecule has 0 aliphatic carbocycles. The zero-order chi connectivity index (χ0) is 18.1. The monoisotopic (exact) mass is 362 g/mol. The van der Waals surface area contributed by atoms with Gasteiger partial charge in [0.1, 0.15) is 0 Å². The van der Waals surface area contributed by atoms with Crippen LogP contribution in [0, 0.1) is 0 Å². The Labute approximate surface area is 163 Å². The van der Waals surface area contributed by atoms with E-state index in [2.05, 4.69) is 109 Å². The molecule has 0 aromatic heterocycles. The Morgan fingerprint density at radius 2 is 1.07 bits per heavy atom. The van der Waals surface area contributed by atoms with E-state index in [1.807, 2.05) is 0 Å². The van der Waals surface area contributed by atoms with Gasteiger partial charge in [-0.05, 0) is 69.1 Å². The molecule has 0 nitrogen and oxygen atoms in total. The molecule has 0 aliphatic heterocycles. The maximum atomic E-state index is 2.31. The molecule has 0 saturated heterocycles. The molecular formula is C26H18S. The summed E-state index contributed by atoms with van der Waals surface area (Å²) in [5, 5.41) is 5.17. The van der Waals surface area contributed by atoms with Crippen LogP contribution in [0.4, 0.5) is 0 Å². The molecule has 5 rings (SSSR count). The number of hydrogen-bond acceptors (Lipinski definition) is 1. The SMILES string of the molecule is c1ccc(Sc2ccc(-c3cccc4cc5ccccc5cc34)cc2)cc1. The highest BCUT2D eigenvalue weighted by Crippen LogP contribution is 2.34. The lowest BCUT2D eigenvalue weighted by atomic mass is 9.96. The smallest absolute Gasteiger partial charge is 0.0122 e. The minimum atomic E-state index is 1.26. The number of fused-ring (bicyclic) bond motifs is 2. The van der Waals surface area contributed by atoms with E-state index in [1.165, 1.54) is 42.5 Å². The Bertz CT molecular complexity index is 1220. The van der Waals surface area contributed by atoms with Crippen molar-refractivity contribution in [3.8, 4) is 11.1 Å². The van der Waals surface area contributed by atoms with Gasteiger partial charge in [-0.1, -0.05) is 84.6 Å². The highest BCUT2D eigenvalue weighted by molar-refractivity contribution is 7.99. The molecule has 1 heteroatoms. The third-order valence-corrected chi connectivity index (χ3v) is 5.91. The lowest BCUT2D eigenvalue weighted by Crippen LogP contribution is -1.83. The largest absolute Gasteiger partial charge is 0.0901 e. The van der Waals surface area contributed by atoms with E-state index in [0.717, 1.165) is 0 Å². The molecule has 0 fully saturated rings. The van der Waals surface area contributed by atoms with Gasteiger partial charge in [0.15, 0.2) is 0 Å². The average Bonchev–Trinajstić information content (AvgIpc) is 2.73. The molecule has 5 aromatic carbocycles. The van der Waals surface area contributed by atoms with Gasteiger partial charge in [-0.3, -0.25) is 0 Å². The lowest BCUT2D eigenvalue weighted by molar-refractivity contribution is 1.41. The molecule has 0 unspecified atom stereocenters. The van der Waals surface area contributed by atoms with Gasteiger partial charge in [0, 0.05) is 9.79 Å². The van der Waals surface area contributed by atoms with Gasteiger partial charge < -0.3 is 0 Å². The van der Waals surface area contributed by atoms with Crippen molar-refractivity contribution in [2.45, 2.75) is 9.79 Å². The molecule has 0 saturated carbocycles. The van der Waals surface area contributed by atoms with Crippen LogP contribution >= 0.6 is 11.8 Å². The van der Waals surface area contributed by atoms with E-state index in [4.69, 9.17) is 0 Å². The Balaban J connectivity index is 1.56. The number of rotatable bonds is 3. The van der Waals surface area contributed by atoms with Gasteiger partial charge in [-0.2, -0.15) is 0 Å². The first-order chi connectivity index (χ1) is 13.4. The minimum absolute atomic E-state index is 1.26. The fraction of sp³-hybridized carbons (Fsp3) is 0. The topological polar surface area (TPSA) is 0 Å². The zero-order valence-electron chi connectivity index (χ0n) is 14.8. The summed E-state index contributed by atoms with van der Waals surface area (Å²) in [6, 6.07) is 39.1. The molecule has 0 aliphatic rings. The predicted molar refractivity (Wildman–Crippen MR) is 117 cm³/mol. The zero-order valence-corrected chi connectivity index (χ0v) is 15.6. The Morgan fingerprint density at radius 3 is 1.85 bits per heavy atom. The normalized spacial score (nSPS) is 11.1. The highest BCUT2D eigenvalue weighted by atomic mass is 32.2. The first-order valence-corrected chi connectivity index (χ1v) is 9.93. The summed E-state index contributed by atoms with van der Waals surface area (Å²) in [7, 11) is 0. The summed E-state index contributed by atoms with van der Waals surface area (Å²) in [6.45, 7) is 0. The number of hydrogen-bond donors (Lipinski definition) is 0. The maximum absolute atomic E-state index is 2.31. The first-order valence-electron chi connectivity index (χ1n) is 9.12. The summed E-state index contributed by atoms with van der Waals surface area (Å²) < 4.78 is 0. The Morgan fingerprint density at radius 1 is 0.444 bits per heavy atom. The quantitative estimate of drug-likeness (QED) is 0.295. The third kappa shape index (κ3) is 3.22. The van der Waals surface area contributed by atoms with Crippen molar-refractivity contribution in [2.75, 3.05) is 0 Å². The van der Waals surface area contributed by atoms with E-state index in [-0.39, 0.29) is 0 Å². The van der Waals surface area contributed by atoms with Gasteiger partial charge in [-0.15, -0.1) is 0 Å². The van der Waals surface area contributed by atoms with Gasteiger partial charge in [0.2, 0.25) is 0 Å². The van der Waals surface area contributed by atoms with Crippen LogP contribution in [0.3, 0.4) is 0 Å². The van der Waals surface area contributed by atoms with Crippen LogP contribution in [-0.4, -0.2) is 0 Å². The van der Waals surface area contributed by atoms with E-state index in [9.17, 15) is 0 Å². The minimum Gasteiger partial charge on any atom is -0.0901 e. The molecule has 0 spiro atoms. The summed E-state index contributed by atoms with van der Waals surface area (Å²) in [5.74, 6) is 0. The highest BCUT2D eigenvalue weighted by Gasteiger charge is 2.06. The van der Waals surface area contributed by atoms with Crippen LogP contribution in [0.5, 0.6) is 0 Å². The van der Waals surface area contributed by atoms with Gasteiger partial charge in [0.25, 0.3) is 0 Å². The molecule has 0 heterocycles. The molecular weight excluding hydrogens is 344 g/mol. The average molecular weight is 362 g/mol. The van der Waals surface area contributed by atoms with Crippen molar-refractivity contribution in [1.29, 1.82) is 0 Å². The Hall–Kier alpha value is -3.03. The standard InChI is InChI=1S/C26H18S/c1-2-10-23(11-3-1)27-24-15-13-19(14-16-24)25-12-6-9-22-17-20-7-4-5-8-21(20)18-26(22)25/h1-18H. The van der Waals surface area contributed by atoms with Crippen LogP contribution in [0.25, 0.3) is 32.7 Å². The van der Waals surface area contributed by atoms with Crippen LogP contribution in [-0.2, 0) is 0 Å². The van der Waals surface area contributed by atoms with E-state index >= 15 is 0 Å². The van der Waals surface area contributed by atoms with Crippen molar-refractivity contribution < 1.29 is 0 Å². The molecule has 27 heavy (non-hydrogen) atoms.